The van der Waals surface area contributed by atoms with Crippen molar-refractivity contribution in [3.05, 3.63) is 51.9 Å². The molecule has 4 heteroatoms. The number of aliphatic hydroxyl groups is 1. The van der Waals surface area contributed by atoms with Crippen LogP contribution in [0.4, 0.5) is 0 Å². The van der Waals surface area contributed by atoms with E-state index in [4.69, 9.17) is 5.11 Å². The summed E-state index contributed by atoms with van der Waals surface area (Å²) in [4.78, 5) is 11.7. The minimum absolute atomic E-state index is 0.202. The van der Waals surface area contributed by atoms with E-state index >= 15 is 0 Å². The number of benzene rings is 1. The second-order valence-electron chi connectivity index (χ2n) is 3.38. The van der Waals surface area contributed by atoms with E-state index in [1.165, 1.54) is 10.9 Å². The van der Waals surface area contributed by atoms with Gasteiger partial charge in [0.05, 0.1) is 17.9 Å². The summed E-state index contributed by atoms with van der Waals surface area (Å²) in [5.74, 6) is 0. The van der Waals surface area contributed by atoms with Crippen molar-refractivity contribution < 1.29 is 5.11 Å². The van der Waals surface area contributed by atoms with Gasteiger partial charge in [0.25, 0.3) is 5.56 Å². The number of aromatic nitrogens is 2. The molecule has 4 nitrogen and oxygen atoms in total. The van der Waals surface area contributed by atoms with Crippen LogP contribution in [0.2, 0.25) is 0 Å². The van der Waals surface area contributed by atoms with Gasteiger partial charge in [0, 0.05) is 6.20 Å². The lowest BCUT2D eigenvalue weighted by Gasteiger charge is -2.04. The van der Waals surface area contributed by atoms with Crippen LogP contribution in [-0.2, 0) is 6.61 Å². The van der Waals surface area contributed by atoms with E-state index in [1.54, 1.807) is 0 Å². The number of nitrogens with zero attached hydrogens (tertiary/aromatic N) is 1. The van der Waals surface area contributed by atoms with Crippen molar-refractivity contribution in [1.29, 1.82) is 0 Å². The molecule has 0 amide bonds. The highest BCUT2D eigenvalue weighted by Crippen LogP contribution is 2.10. The second kappa shape index (κ2) is 3.74. The quantitative estimate of drug-likeness (QED) is 0.765. The van der Waals surface area contributed by atoms with Crippen molar-refractivity contribution in [2.24, 2.45) is 0 Å². The van der Waals surface area contributed by atoms with E-state index in [-0.39, 0.29) is 12.2 Å². The van der Waals surface area contributed by atoms with Crippen molar-refractivity contribution in [3.63, 3.8) is 0 Å². The number of aryl methyl sites for hydroxylation is 1. The molecule has 1 heterocycles. The molecule has 2 rings (SSSR count). The lowest BCUT2D eigenvalue weighted by Crippen LogP contribution is -2.18. The van der Waals surface area contributed by atoms with Crippen molar-refractivity contribution in [2.45, 2.75) is 13.5 Å². The van der Waals surface area contributed by atoms with Crippen molar-refractivity contribution >= 4 is 0 Å². The number of rotatable bonds is 2. The number of aliphatic hydroxyl groups excluding tert-OH is 1. The van der Waals surface area contributed by atoms with Crippen LogP contribution in [0.15, 0.2) is 35.3 Å². The van der Waals surface area contributed by atoms with Gasteiger partial charge in [0.1, 0.15) is 0 Å². The highest BCUT2D eigenvalue weighted by Gasteiger charge is 2.07. The maximum absolute atomic E-state index is 11.7. The van der Waals surface area contributed by atoms with Gasteiger partial charge in [-0.1, -0.05) is 18.2 Å². The summed E-state index contributed by atoms with van der Waals surface area (Å²) in [6, 6.07) is 7.57. The molecule has 0 fully saturated rings. The molecule has 0 radical (unpaired) electrons. The van der Waals surface area contributed by atoms with Gasteiger partial charge in [-0.2, -0.15) is 0 Å². The van der Waals surface area contributed by atoms with Crippen molar-refractivity contribution in [2.75, 3.05) is 0 Å². The fourth-order valence-electron chi connectivity index (χ4n) is 1.51. The first-order chi connectivity index (χ1) is 7.24. The molecule has 0 unspecified atom stereocenters. The molecule has 0 aliphatic carbocycles. The second-order valence-corrected chi connectivity index (χ2v) is 3.38. The molecule has 0 aliphatic rings. The number of aromatic amines is 1. The van der Waals surface area contributed by atoms with Crippen LogP contribution < -0.4 is 5.56 Å². The number of para-hydroxylation sites is 1. The first-order valence-electron chi connectivity index (χ1n) is 4.70. The van der Waals surface area contributed by atoms with Gasteiger partial charge in [0.15, 0.2) is 0 Å². The van der Waals surface area contributed by atoms with E-state index in [0.29, 0.717) is 5.56 Å². The maximum Gasteiger partial charge on any atom is 0.276 e. The van der Waals surface area contributed by atoms with Crippen LogP contribution in [0, 0.1) is 6.92 Å². The van der Waals surface area contributed by atoms with Gasteiger partial charge in [-0.3, -0.25) is 9.89 Å². The molecular formula is C11H12N2O2. The van der Waals surface area contributed by atoms with Crippen LogP contribution in [-0.4, -0.2) is 14.9 Å². The Hall–Kier alpha value is -1.81. The normalized spacial score (nSPS) is 10.5. The molecule has 2 aromatic rings. The topological polar surface area (TPSA) is 58.0 Å². The standard InChI is InChI=1S/C11H12N2O2/c1-8-4-2-3-5-10(8)13-11(15)9(7-14)6-12-13/h2-6,12,14H,7H2,1H3. The Morgan fingerprint density at radius 3 is 2.73 bits per heavy atom. The molecule has 78 valence electrons. The Morgan fingerprint density at radius 1 is 1.40 bits per heavy atom. The van der Waals surface area contributed by atoms with E-state index in [2.05, 4.69) is 5.10 Å². The molecule has 0 saturated heterocycles. The lowest BCUT2D eigenvalue weighted by molar-refractivity contribution is 0.280. The minimum atomic E-state index is -0.242. The zero-order valence-corrected chi connectivity index (χ0v) is 8.40. The molecule has 15 heavy (non-hydrogen) atoms. The van der Waals surface area contributed by atoms with Crippen LogP contribution in [0.5, 0.6) is 0 Å². The average Bonchev–Trinajstić information content (AvgIpc) is 2.60. The fourth-order valence-corrected chi connectivity index (χ4v) is 1.51. The number of hydrogen-bond acceptors (Lipinski definition) is 2. The number of nitrogens with one attached hydrogen (secondary N) is 1. The van der Waals surface area contributed by atoms with Crippen LogP contribution in [0.3, 0.4) is 0 Å². The number of hydrogen-bond donors (Lipinski definition) is 2. The fraction of sp³-hybridized carbons (Fsp3) is 0.182. The van der Waals surface area contributed by atoms with Crippen molar-refractivity contribution in [1.82, 2.24) is 9.78 Å². The molecular weight excluding hydrogens is 192 g/mol. The Kier molecular flexibility index (Phi) is 2.43. The molecule has 2 N–H and O–H groups in total. The first kappa shape index (κ1) is 9.73. The Bertz CT molecular complexity index is 525. The van der Waals surface area contributed by atoms with Gasteiger partial charge in [0.2, 0.25) is 0 Å². The Balaban J connectivity index is 2.60. The van der Waals surface area contributed by atoms with Gasteiger partial charge in [-0.05, 0) is 18.6 Å². The zero-order valence-electron chi connectivity index (χ0n) is 8.40. The van der Waals surface area contributed by atoms with Gasteiger partial charge >= 0.3 is 0 Å². The third kappa shape index (κ3) is 1.59. The molecule has 0 bridgehead atoms. The van der Waals surface area contributed by atoms with E-state index in [0.717, 1.165) is 11.3 Å². The smallest absolute Gasteiger partial charge is 0.276 e. The van der Waals surface area contributed by atoms with Crippen LogP contribution in [0.25, 0.3) is 5.69 Å². The van der Waals surface area contributed by atoms with Gasteiger partial charge in [-0.15, -0.1) is 0 Å². The molecule has 0 saturated carbocycles. The Morgan fingerprint density at radius 2 is 2.13 bits per heavy atom. The van der Waals surface area contributed by atoms with Crippen LogP contribution >= 0.6 is 0 Å². The maximum atomic E-state index is 11.7. The van der Waals surface area contributed by atoms with E-state index < -0.39 is 0 Å². The third-order valence-corrected chi connectivity index (χ3v) is 2.37. The Labute approximate surface area is 86.8 Å². The first-order valence-corrected chi connectivity index (χ1v) is 4.70. The lowest BCUT2D eigenvalue weighted by atomic mass is 10.2. The summed E-state index contributed by atoms with van der Waals surface area (Å²) in [6.07, 6.45) is 1.52. The molecule has 1 aromatic heterocycles. The molecule has 0 aliphatic heterocycles. The highest BCUT2D eigenvalue weighted by atomic mass is 16.3. The highest BCUT2D eigenvalue weighted by molar-refractivity contribution is 5.39. The summed E-state index contributed by atoms with van der Waals surface area (Å²) in [5.41, 5.74) is 1.98. The average molecular weight is 204 g/mol. The molecule has 1 aromatic carbocycles. The summed E-state index contributed by atoms with van der Waals surface area (Å²) in [5, 5.41) is 11.7. The SMILES string of the molecule is Cc1ccccc1-n1[nH]cc(CO)c1=O. The predicted octanol–water partition coefficient (Wildman–Crippen LogP) is 0.966. The summed E-state index contributed by atoms with van der Waals surface area (Å²) in [6.45, 7) is 1.69. The van der Waals surface area contributed by atoms with Crippen molar-refractivity contribution in [3.8, 4) is 5.69 Å². The monoisotopic (exact) mass is 204 g/mol. The molecule has 0 atom stereocenters. The van der Waals surface area contributed by atoms with E-state index in [9.17, 15) is 4.79 Å². The third-order valence-electron chi connectivity index (χ3n) is 2.37. The predicted molar refractivity (Wildman–Crippen MR) is 57.0 cm³/mol. The molecule has 0 spiro atoms. The zero-order chi connectivity index (χ0) is 10.8. The minimum Gasteiger partial charge on any atom is -0.391 e. The van der Waals surface area contributed by atoms with Crippen LogP contribution in [0.1, 0.15) is 11.1 Å². The summed E-state index contributed by atoms with van der Waals surface area (Å²) in [7, 11) is 0. The number of H-pyrrole nitrogens is 1. The van der Waals surface area contributed by atoms with Gasteiger partial charge < -0.3 is 5.11 Å². The largest absolute Gasteiger partial charge is 0.391 e. The van der Waals surface area contributed by atoms with E-state index in [1.807, 2.05) is 31.2 Å². The summed E-state index contributed by atoms with van der Waals surface area (Å²) >= 11 is 0. The summed E-state index contributed by atoms with van der Waals surface area (Å²) < 4.78 is 1.43. The van der Waals surface area contributed by atoms with Gasteiger partial charge in [-0.25, -0.2) is 4.68 Å².